The van der Waals surface area contributed by atoms with Gasteiger partial charge in [0.1, 0.15) is 0 Å². The van der Waals surface area contributed by atoms with Crippen molar-refractivity contribution in [3.63, 3.8) is 0 Å². The molecule has 0 unspecified atom stereocenters. The third-order valence-electron chi connectivity index (χ3n) is 4.26. The van der Waals surface area contributed by atoms with Gasteiger partial charge in [-0.15, -0.1) is 11.8 Å². The lowest BCUT2D eigenvalue weighted by atomic mass is 9.86. The van der Waals surface area contributed by atoms with E-state index >= 15 is 0 Å². The molecule has 0 saturated carbocycles. The fourth-order valence-corrected chi connectivity index (χ4v) is 3.59. The first kappa shape index (κ1) is 15.2. The largest absolute Gasteiger partial charge is 0.478 e. The summed E-state index contributed by atoms with van der Waals surface area (Å²) in [6.45, 7) is 6.47. The normalized spacial score (nSPS) is 16.7. The summed E-state index contributed by atoms with van der Waals surface area (Å²) in [5, 5.41) is 9.51. The molecule has 0 aromatic heterocycles. The highest BCUT2D eigenvalue weighted by Gasteiger charge is 2.25. The highest BCUT2D eigenvalue weighted by atomic mass is 32.2. The molecule has 4 heteroatoms. The number of hydrogen-bond donors (Lipinski definition) is 1. The van der Waals surface area contributed by atoms with Crippen LogP contribution >= 0.6 is 11.8 Å². The van der Waals surface area contributed by atoms with E-state index in [2.05, 4.69) is 18.7 Å². The van der Waals surface area contributed by atoms with Crippen molar-refractivity contribution in [1.29, 1.82) is 0 Å². The van der Waals surface area contributed by atoms with Gasteiger partial charge in [0.15, 0.2) is 0 Å². The Labute approximate surface area is 125 Å². The maximum absolute atomic E-state index is 11.6. The predicted molar refractivity (Wildman–Crippen MR) is 85.0 cm³/mol. The van der Waals surface area contributed by atoms with Crippen molar-refractivity contribution < 1.29 is 9.90 Å². The van der Waals surface area contributed by atoms with Gasteiger partial charge in [-0.25, -0.2) is 4.79 Å². The van der Waals surface area contributed by atoms with E-state index in [4.69, 9.17) is 0 Å². The summed E-state index contributed by atoms with van der Waals surface area (Å²) in [4.78, 5) is 14.7. The Balaban J connectivity index is 2.24. The Kier molecular flexibility index (Phi) is 4.97. The van der Waals surface area contributed by atoms with Crippen LogP contribution in [0.1, 0.15) is 37.0 Å². The van der Waals surface area contributed by atoms with Crippen molar-refractivity contribution in [3.8, 4) is 0 Å². The fourth-order valence-electron chi connectivity index (χ4n) is 2.98. The zero-order chi connectivity index (χ0) is 14.7. The van der Waals surface area contributed by atoms with Gasteiger partial charge in [0.25, 0.3) is 0 Å². The van der Waals surface area contributed by atoms with E-state index in [9.17, 15) is 9.90 Å². The van der Waals surface area contributed by atoms with Crippen LogP contribution in [-0.2, 0) is 0 Å². The molecule has 1 N–H and O–H groups in total. The molecule has 1 saturated heterocycles. The lowest BCUT2D eigenvalue weighted by molar-refractivity contribution is 0.0693. The van der Waals surface area contributed by atoms with Crippen LogP contribution in [-0.4, -0.2) is 30.4 Å². The van der Waals surface area contributed by atoms with Crippen LogP contribution in [0.25, 0.3) is 0 Å². The van der Waals surface area contributed by atoms with Crippen molar-refractivity contribution in [3.05, 3.63) is 23.8 Å². The molecule has 2 rings (SSSR count). The SMILES string of the molecule is CSc1cccc(N2CCC(C(C)C)CC2)c1C(=O)O. The van der Waals surface area contributed by atoms with Gasteiger partial charge in [0, 0.05) is 18.0 Å². The van der Waals surface area contributed by atoms with E-state index < -0.39 is 5.97 Å². The molecule has 3 nitrogen and oxygen atoms in total. The standard InChI is InChI=1S/C16H23NO2S/c1-11(2)12-7-9-17(10-8-12)13-5-4-6-14(20-3)15(13)16(18)19/h4-6,11-12H,7-10H2,1-3H3,(H,18,19). The highest BCUT2D eigenvalue weighted by Crippen LogP contribution is 2.33. The second-order valence-corrected chi connectivity index (χ2v) is 6.58. The molecule has 0 radical (unpaired) electrons. The van der Waals surface area contributed by atoms with Crippen molar-refractivity contribution in [2.45, 2.75) is 31.6 Å². The van der Waals surface area contributed by atoms with Gasteiger partial charge in [-0.3, -0.25) is 0 Å². The minimum atomic E-state index is -0.823. The number of anilines is 1. The molecule has 0 aliphatic carbocycles. The smallest absolute Gasteiger partial charge is 0.338 e. The quantitative estimate of drug-likeness (QED) is 0.853. The van der Waals surface area contributed by atoms with Gasteiger partial charge in [-0.05, 0) is 43.1 Å². The van der Waals surface area contributed by atoms with E-state index in [0.29, 0.717) is 11.5 Å². The monoisotopic (exact) mass is 293 g/mol. The Hall–Kier alpha value is -1.16. The molecule has 0 amide bonds. The first-order valence-corrected chi connectivity index (χ1v) is 8.42. The second kappa shape index (κ2) is 6.53. The highest BCUT2D eigenvalue weighted by molar-refractivity contribution is 7.98. The molecule has 110 valence electrons. The number of benzene rings is 1. The third-order valence-corrected chi connectivity index (χ3v) is 5.04. The van der Waals surface area contributed by atoms with Crippen molar-refractivity contribution in [2.75, 3.05) is 24.2 Å². The summed E-state index contributed by atoms with van der Waals surface area (Å²) in [5.41, 5.74) is 1.34. The number of carboxylic acids is 1. The summed E-state index contributed by atoms with van der Waals surface area (Å²) < 4.78 is 0. The maximum Gasteiger partial charge on any atom is 0.338 e. The number of nitrogens with zero attached hydrogens (tertiary/aromatic N) is 1. The van der Waals surface area contributed by atoms with E-state index in [-0.39, 0.29) is 0 Å². The first-order valence-electron chi connectivity index (χ1n) is 7.19. The molecular weight excluding hydrogens is 270 g/mol. The maximum atomic E-state index is 11.6. The lowest BCUT2D eigenvalue weighted by Gasteiger charge is -2.36. The van der Waals surface area contributed by atoms with Crippen LogP contribution in [0.2, 0.25) is 0 Å². The van der Waals surface area contributed by atoms with E-state index in [0.717, 1.165) is 42.4 Å². The minimum absolute atomic E-state index is 0.461. The third kappa shape index (κ3) is 3.11. The summed E-state index contributed by atoms with van der Waals surface area (Å²) in [5.74, 6) is 0.660. The van der Waals surface area contributed by atoms with Crippen LogP contribution in [0.15, 0.2) is 23.1 Å². The number of thioether (sulfide) groups is 1. The first-order chi connectivity index (χ1) is 9.54. The molecule has 1 aliphatic rings. The van der Waals surface area contributed by atoms with Gasteiger partial charge < -0.3 is 10.0 Å². The molecule has 1 aromatic carbocycles. The molecule has 0 bridgehead atoms. The second-order valence-electron chi connectivity index (χ2n) is 5.73. The van der Waals surface area contributed by atoms with Crippen LogP contribution in [0.3, 0.4) is 0 Å². The molecule has 0 spiro atoms. The van der Waals surface area contributed by atoms with Crippen LogP contribution < -0.4 is 4.90 Å². The van der Waals surface area contributed by atoms with Crippen LogP contribution in [0, 0.1) is 11.8 Å². The van der Waals surface area contributed by atoms with Gasteiger partial charge in [0.05, 0.1) is 11.3 Å². The van der Waals surface area contributed by atoms with Crippen molar-refractivity contribution >= 4 is 23.4 Å². The van der Waals surface area contributed by atoms with Crippen LogP contribution in [0.5, 0.6) is 0 Å². The Morgan fingerprint density at radius 3 is 2.50 bits per heavy atom. The summed E-state index contributed by atoms with van der Waals surface area (Å²) >= 11 is 1.50. The minimum Gasteiger partial charge on any atom is -0.478 e. The molecule has 0 atom stereocenters. The van der Waals surface area contributed by atoms with Gasteiger partial charge in [0.2, 0.25) is 0 Å². The Bertz CT molecular complexity index is 479. The average molecular weight is 293 g/mol. The molecule has 1 aromatic rings. The predicted octanol–water partition coefficient (Wildman–Crippen LogP) is 3.98. The van der Waals surface area contributed by atoms with E-state index in [1.54, 1.807) is 0 Å². The van der Waals surface area contributed by atoms with E-state index in [1.165, 1.54) is 11.8 Å². The van der Waals surface area contributed by atoms with Gasteiger partial charge in [-0.2, -0.15) is 0 Å². The van der Waals surface area contributed by atoms with E-state index in [1.807, 2.05) is 24.5 Å². The fraction of sp³-hybridized carbons (Fsp3) is 0.562. The average Bonchev–Trinajstić information content (AvgIpc) is 2.46. The molecule has 1 aliphatic heterocycles. The zero-order valence-electron chi connectivity index (χ0n) is 12.4. The lowest BCUT2D eigenvalue weighted by Crippen LogP contribution is -2.36. The number of rotatable bonds is 4. The number of carboxylic acid groups (broad SMARTS) is 1. The molecule has 1 heterocycles. The molecular formula is C16H23NO2S. The number of piperidine rings is 1. The summed E-state index contributed by atoms with van der Waals surface area (Å²) in [6.07, 6.45) is 4.23. The Morgan fingerprint density at radius 1 is 1.35 bits per heavy atom. The number of hydrogen-bond acceptors (Lipinski definition) is 3. The van der Waals surface area contributed by atoms with Gasteiger partial charge in [-0.1, -0.05) is 19.9 Å². The summed E-state index contributed by atoms with van der Waals surface area (Å²) in [7, 11) is 0. The topological polar surface area (TPSA) is 40.5 Å². The Morgan fingerprint density at radius 2 is 2.00 bits per heavy atom. The van der Waals surface area contributed by atoms with Gasteiger partial charge >= 0.3 is 5.97 Å². The number of aromatic carboxylic acids is 1. The zero-order valence-corrected chi connectivity index (χ0v) is 13.2. The van der Waals surface area contributed by atoms with Crippen molar-refractivity contribution in [1.82, 2.24) is 0 Å². The molecule has 20 heavy (non-hydrogen) atoms. The van der Waals surface area contributed by atoms with Crippen LogP contribution in [0.4, 0.5) is 5.69 Å². The summed E-state index contributed by atoms with van der Waals surface area (Å²) in [6, 6.07) is 5.79. The van der Waals surface area contributed by atoms with Crippen molar-refractivity contribution in [2.24, 2.45) is 11.8 Å². The number of carbonyl (C=O) groups is 1. The molecule has 1 fully saturated rings.